The second kappa shape index (κ2) is 8.83. The zero-order valence-corrected chi connectivity index (χ0v) is 14.6. The zero-order chi connectivity index (χ0) is 17.5. The lowest BCUT2D eigenvalue weighted by atomic mass is 10.0. The third-order valence-corrected chi connectivity index (χ3v) is 4.68. The van der Waals surface area contributed by atoms with Gasteiger partial charge < -0.3 is 15.3 Å². The third-order valence-electron chi connectivity index (χ3n) is 4.68. The number of benzene rings is 1. The minimum Gasteiger partial charge on any atom is -0.480 e. The molecule has 1 saturated heterocycles. The lowest BCUT2D eigenvalue weighted by molar-refractivity contribution is -0.152. The summed E-state index contributed by atoms with van der Waals surface area (Å²) in [6.07, 6.45) is 4.20. The van der Waals surface area contributed by atoms with E-state index in [4.69, 9.17) is 0 Å². The van der Waals surface area contributed by atoms with Crippen LogP contribution >= 0.6 is 0 Å². The van der Waals surface area contributed by atoms with Gasteiger partial charge in [-0.15, -0.1) is 0 Å². The molecule has 1 heterocycles. The minimum absolute atomic E-state index is 0.103. The maximum atomic E-state index is 12.6. The van der Waals surface area contributed by atoms with Gasteiger partial charge in [-0.3, -0.25) is 4.79 Å². The summed E-state index contributed by atoms with van der Waals surface area (Å²) in [6, 6.07) is 9.43. The van der Waals surface area contributed by atoms with Crippen molar-refractivity contribution in [2.75, 3.05) is 6.54 Å². The Kier molecular flexibility index (Phi) is 6.79. The molecule has 3 unspecified atom stereocenters. The fourth-order valence-corrected chi connectivity index (χ4v) is 3.31. The van der Waals surface area contributed by atoms with Crippen molar-refractivity contribution in [2.24, 2.45) is 0 Å². The average Bonchev–Trinajstić information content (AvgIpc) is 2.60. The molecular weight excluding hydrogens is 304 g/mol. The molecule has 2 rings (SSSR count). The number of likely N-dealkylation sites (tertiary alicyclic amines) is 1. The fourth-order valence-electron chi connectivity index (χ4n) is 3.31. The van der Waals surface area contributed by atoms with Crippen LogP contribution in [0.1, 0.15) is 45.1 Å². The van der Waals surface area contributed by atoms with Crippen LogP contribution in [0.2, 0.25) is 0 Å². The summed E-state index contributed by atoms with van der Waals surface area (Å²) in [5, 5.41) is 12.6. The van der Waals surface area contributed by atoms with Crippen molar-refractivity contribution in [1.29, 1.82) is 0 Å². The van der Waals surface area contributed by atoms with Gasteiger partial charge in [0.15, 0.2) is 0 Å². The van der Waals surface area contributed by atoms with E-state index in [1.54, 1.807) is 0 Å². The van der Waals surface area contributed by atoms with Gasteiger partial charge in [-0.05, 0) is 51.5 Å². The molecule has 1 fully saturated rings. The number of amides is 1. The molecule has 1 aromatic carbocycles. The second-order valence-corrected chi connectivity index (χ2v) is 6.70. The highest BCUT2D eigenvalue weighted by Gasteiger charge is 2.34. The van der Waals surface area contributed by atoms with E-state index >= 15 is 0 Å². The van der Waals surface area contributed by atoms with Crippen LogP contribution in [0.25, 0.3) is 0 Å². The van der Waals surface area contributed by atoms with Crippen LogP contribution in [0.4, 0.5) is 0 Å². The van der Waals surface area contributed by atoms with Crippen molar-refractivity contribution >= 4 is 11.9 Å². The topological polar surface area (TPSA) is 69.6 Å². The first kappa shape index (κ1) is 18.5. The van der Waals surface area contributed by atoms with Crippen LogP contribution in [-0.2, 0) is 16.0 Å². The summed E-state index contributed by atoms with van der Waals surface area (Å²) in [7, 11) is 0. The molecule has 1 aliphatic heterocycles. The molecule has 3 atom stereocenters. The first-order valence-corrected chi connectivity index (χ1v) is 8.82. The average molecular weight is 332 g/mol. The van der Waals surface area contributed by atoms with Gasteiger partial charge >= 0.3 is 5.97 Å². The minimum atomic E-state index is -0.896. The van der Waals surface area contributed by atoms with Crippen LogP contribution in [0.5, 0.6) is 0 Å². The van der Waals surface area contributed by atoms with Gasteiger partial charge in [-0.2, -0.15) is 0 Å². The molecule has 0 radical (unpaired) electrons. The standard InChI is InChI=1S/C19H28N2O3/c1-14(11-12-16-8-4-3-5-9-16)20-15(2)18(22)21-13-7-6-10-17(21)19(23)24/h3-5,8-9,14-15,17,20H,6-7,10-13H2,1-2H3,(H,23,24). The number of rotatable bonds is 7. The molecule has 0 spiro atoms. The highest BCUT2D eigenvalue weighted by Crippen LogP contribution is 2.18. The van der Waals surface area contributed by atoms with Gasteiger partial charge in [-0.25, -0.2) is 4.79 Å². The number of carboxylic acids is 1. The molecule has 0 aliphatic carbocycles. The Bertz CT molecular complexity index is 547. The van der Waals surface area contributed by atoms with Crippen molar-refractivity contribution in [3.63, 3.8) is 0 Å². The molecule has 2 N–H and O–H groups in total. The summed E-state index contributed by atoms with van der Waals surface area (Å²) in [5.74, 6) is -0.999. The molecule has 1 amide bonds. The van der Waals surface area contributed by atoms with Crippen molar-refractivity contribution in [1.82, 2.24) is 10.2 Å². The Hall–Kier alpha value is -1.88. The summed E-state index contributed by atoms with van der Waals surface area (Å²) < 4.78 is 0. The number of carbonyl (C=O) groups excluding carboxylic acids is 1. The largest absolute Gasteiger partial charge is 0.480 e. The van der Waals surface area contributed by atoms with Crippen molar-refractivity contribution < 1.29 is 14.7 Å². The summed E-state index contributed by atoms with van der Waals surface area (Å²) >= 11 is 0. The Labute approximate surface area is 144 Å². The van der Waals surface area contributed by atoms with E-state index in [-0.39, 0.29) is 18.0 Å². The fraction of sp³-hybridized carbons (Fsp3) is 0.579. The van der Waals surface area contributed by atoms with Crippen LogP contribution in [0, 0.1) is 0 Å². The Morgan fingerprint density at radius 2 is 1.96 bits per heavy atom. The van der Waals surface area contributed by atoms with Crippen LogP contribution in [-0.4, -0.2) is 46.6 Å². The molecule has 5 heteroatoms. The maximum Gasteiger partial charge on any atom is 0.326 e. The van der Waals surface area contributed by atoms with E-state index < -0.39 is 12.0 Å². The lowest BCUT2D eigenvalue weighted by Crippen LogP contribution is -2.54. The SMILES string of the molecule is CC(CCc1ccccc1)NC(C)C(=O)N1CCCCC1C(=O)O. The smallest absolute Gasteiger partial charge is 0.326 e. The van der Waals surface area contributed by atoms with Gasteiger partial charge in [-0.1, -0.05) is 30.3 Å². The number of carboxylic acid groups (broad SMARTS) is 1. The first-order chi connectivity index (χ1) is 11.5. The molecule has 132 valence electrons. The van der Waals surface area contributed by atoms with E-state index in [2.05, 4.69) is 24.4 Å². The quantitative estimate of drug-likeness (QED) is 0.805. The van der Waals surface area contributed by atoms with Gasteiger partial charge in [0.05, 0.1) is 6.04 Å². The number of nitrogens with one attached hydrogen (secondary N) is 1. The predicted molar refractivity (Wildman–Crippen MR) is 93.8 cm³/mol. The summed E-state index contributed by atoms with van der Waals surface area (Å²) in [5.41, 5.74) is 1.28. The number of hydrogen-bond acceptors (Lipinski definition) is 3. The van der Waals surface area contributed by atoms with Gasteiger partial charge in [0.2, 0.25) is 5.91 Å². The normalized spacial score (nSPS) is 20.4. The number of aliphatic carboxylic acids is 1. The summed E-state index contributed by atoms with van der Waals surface area (Å²) in [6.45, 7) is 4.44. The summed E-state index contributed by atoms with van der Waals surface area (Å²) in [4.78, 5) is 25.5. The number of hydrogen-bond donors (Lipinski definition) is 2. The van der Waals surface area contributed by atoms with Gasteiger partial charge in [0, 0.05) is 12.6 Å². The highest BCUT2D eigenvalue weighted by atomic mass is 16.4. The Balaban J connectivity index is 1.84. The van der Waals surface area contributed by atoms with E-state index in [0.29, 0.717) is 13.0 Å². The Morgan fingerprint density at radius 1 is 1.25 bits per heavy atom. The maximum absolute atomic E-state index is 12.6. The molecule has 1 aromatic rings. The molecule has 24 heavy (non-hydrogen) atoms. The molecule has 0 saturated carbocycles. The van der Waals surface area contributed by atoms with E-state index in [9.17, 15) is 14.7 Å². The number of nitrogens with zero attached hydrogens (tertiary/aromatic N) is 1. The van der Waals surface area contributed by atoms with E-state index in [1.165, 1.54) is 10.5 Å². The van der Waals surface area contributed by atoms with Crippen molar-refractivity contribution in [3.05, 3.63) is 35.9 Å². The van der Waals surface area contributed by atoms with Gasteiger partial charge in [0.25, 0.3) is 0 Å². The van der Waals surface area contributed by atoms with Crippen molar-refractivity contribution in [2.45, 2.75) is 64.1 Å². The van der Waals surface area contributed by atoms with E-state index in [0.717, 1.165) is 25.7 Å². The monoisotopic (exact) mass is 332 g/mol. The lowest BCUT2D eigenvalue weighted by Gasteiger charge is -2.35. The highest BCUT2D eigenvalue weighted by molar-refractivity contribution is 5.87. The van der Waals surface area contributed by atoms with E-state index in [1.807, 2.05) is 25.1 Å². The second-order valence-electron chi connectivity index (χ2n) is 6.70. The molecule has 5 nitrogen and oxygen atoms in total. The van der Waals surface area contributed by atoms with Crippen LogP contribution < -0.4 is 5.32 Å². The molecular formula is C19H28N2O3. The number of aryl methyl sites for hydroxylation is 1. The number of piperidine rings is 1. The van der Waals surface area contributed by atoms with Crippen LogP contribution in [0.15, 0.2) is 30.3 Å². The predicted octanol–water partition coefficient (Wildman–Crippen LogP) is 2.45. The van der Waals surface area contributed by atoms with Crippen LogP contribution in [0.3, 0.4) is 0 Å². The molecule has 0 aromatic heterocycles. The Morgan fingerprint density at radius 3 is 2.62 bits per heavy atom. The van der Waals surface area contributed by atoms with Gasteiger partial charge in [0.1, 0.15) is 6.04 Å². The zero-order valence-electron chi connectivity index (χ0n) is 14.6. The van der Waals surface area contributed by atoms with Crippen molar-refractivity contribution in [3.8, 4) is 0 Å². The molecule has 1 aliphatic rings. The third kappa shape index (κ3) is 5.06. The number of carbonyl (C=O) groups is 2. The molecule has 0 bridgehead atoms. The first-order valence-electron chi connectivity index (χ1n) is 8.82.